The molecule has 1 saturated heterocycles. The first-order valence-electron chi connectivity index (χ1n) is 14.0. The molecule has 3 atom stereocenters. The fourth-order valence-electron chi connectivity index (χ4n) is 5.98. The van der Waals surface area contributed by atoms with Gasteiger partial charge in [-0.2, -0.15) is 0 Å². The van der Waals surface area contributed by atoms with Gasteiger partial charge in [-0.05, 0) is 63.1 Å². The van der Waals surface area contributed by atoms with Gasteiger partial charge in [0.05, 0.1) is 13.7 Å². The van der Waals surface area contributed by atoms with Crippen LogP contribution in [0.5, 0.6) is 17.2 Å². The Balaban J connectivity index is 1.91. The zero-order chi connectivity index (χ0) is 27.1. The van der Waals surface area contributed by atoms with Crippen LogP contribution in [0.1, 0.15) is 84.6 Å². The monoisotopic (exact) mass is 512 g/mol. The van der Waals surface area contributed by atoms with Crippen molar-refractivity contribution >= 4 is 5.91 Å². The maximum Gasteiger partial charge on any atom is 0.236 e. The lowest BCUT2D eigenvalue weighted by Gasteiger charge is -2.41. The standard InChI is InChI=1S/C31H48N2O4/c1-8-12-15-32(16-13-9-2)28(34)21-33-20-25(19-31(33,6)22-30(5,11-4)14-10-3)24-17-26(35-7)29-27(18-24)36-23-37-29/h10-11,14,17-18,25H,4,8-9,12-13,15-16,19-23H2,1-3,5-7H3/b14-10+/t25-,30+,31?/m1/s1. The first-order chi connectivity index (χ1) is 17.7. The molecule has 6 nitrogen and oxygen atoms in total. The van der Waals surface area contributed by atoms with E-state index in [0.29, 0.717) is 18.0 Å². The third-order valence-corrected chi connectivity index (χ3v) is 8.06. The molecule has 2 heterocycles. The summed E-state index contributed by atoms with van der Waals surface area (Å²) < 4.78 is 17.0. The number of methoxy groups -OCH3 is 1. The van der Waals surface area contributed by atoms with Crippen molar-refractivity contribution in [2.24, 2.45) is 5.41 Å². The molecule has 2 aliphatic heterocycles. The van der Waals surface area contributed by atoms with Crippen LogP contribution in [0.25, 0.3) is 0 Å². The molecule has 0 aliphatic carbocycles. The van der Waals surface area contributed by atoms with Gasteiger partial charge < -0.3 is 19.1 Å². The largest absolute Gasteiger partial charge is 0.493 e. The van der Waals surface area contributed by atoms with Crippen molar-refractivity contribution in [2.75, 3.05) is 40.1 Å². The highest BCUT2D eigenvalue weighted by Gasteiger charge is 2.46. The van der Waals surface area contributed by atoms with Crippen LogP contribution in [0.15, 0.2) is 36.9 Å². The van der Waals surface area contributed by atoms with Crippen LogP contribution in [0.3, 0.4) is 0 Å². The summed E-state index contributed by atoms with van der Waals surface area (Å²) in [5.74, 6) is 2.61. The topological polar surface area (TPSA) is 51.2 Å². The SMILES string of the molecule is C=C[C@@](C)(/C=C/C)CC1(C)C[C@@H](c2cc(OC)c3c(c2)OCO3)CN1CC(=O)N(CCCC)CCCC. The van der Waals surface area contributed by atoms with Gasteiger partial charge >= 0.3 is 0 Å². The van der Waals surface area contributed by atoms with Gasteiger partial charge in [0, 0.05) is 30.6 Å². The van der Waals surface area contributed by atoms with E-state index < -0.39 is 0 Å². The summed E-state index contributed by atoms with van der Waals surface area (Å²) in [5, 5.41) is 0. The molecule has 206 valence electrons. The predicted molar refractivity (Wildman–Crippen MR) is 151 cm³/mol. The lowest BCUT2D eigenvalue weighted by Crippen LogP contribution is -2.49. The molecule has 37 heavy (non-hydrogen) atoms. The number of rotatable bonds is 14. The average molecular weight is 513 g/mol. The molecule has 1 aromatic carbocycles. The van der Waals surface area contributed by atoms with E-state index in [1.807, 2.05) is 6.08 Å². The molecular formula is C31H48N2O4. The Morgan fingerprint density at radius 3 is 2.57 bits per heavy atom. The molecule has 1 fully saturated rings. The van der Waals surface area contributed by atoms with Crippen LogP contribution in [-0.2, 0) is 4.79 Å². The summed E-state index contributed by atoms with van der Waals surface area (Å²) in [4.78, 5) is 18.2. The number of hydrogen-bond donors (Lipinski definition) is 0. The van der Waals surface area contributed by atoms with E-state index >= 15 is 0 Å². The highest BCUT2D eigenvalue weighted by Crippen LogP contribution is 2.49. The molecule has 0 radical (unpaired) electrons. The van der Waals surface area contributed by atoms with Crippen molar-refractivity contribution in [3.8, 4) is 17.2 Å². The van der Waals surface area contributed by atoms with Gasteiger partial charge in [0.15, 0.2) is 11.5 Å². The minimum Gasteiger partial charge on any atom is -0.493 e. The molecule has 0 bridgehead atoms. The number of nitrogens with zero attached hydrogens (tertiary/aromatic N) is 2. The van der Waals surface area contributed by atoms with Crippen molar-refractivity contribution in [2.45, 2.75) is 84.6 Å². The number of carbonyl (C=O) groups is 1. The molecule has 1 amide bonds. The second-order valence-corrected chi connectivity index (χ2v) is 11.2. The van der Waals surface area contributed by atoms with Gasteiger partial charge in [-0.3, -0.25) is 9.69 Å². The molecule has 0 N–H and O–H groups in total. The average Bonchev–Trinajstić information content (AvgIpc) is 3.48. The van der Waals surface area contributed by atoms with E-state index in [9.17, 15) is 4.79 Å². The van der Waals surface area contributed by atoms with Gasteiger partial charge in [-0.15, -0.1) is 6.58 Å². The maximum atomic E-state index is 13.7. The van der Waals surface area contributed by atoms with Crippen molar-refractivity contribution in [3.05, 3.63) is 42.5 Å². The minimum absolute atomic E-state index is 0.156. The molecule has 6 heteroatoms. The highest BCUT2D eigenvalue weighted by molar-refractivity contribution is 5.78. The Labute approximate surface area is 224 Å². The second kappa shape index (κ2) is 12.9. The Bertz CT molecular complexity index is 953. The van der Waals surface area contributed by atoms with Crippen LogP contribution < -0.4 is 14.2 Å². The molecule has 1 aromatic rings. The fourth-order valence-corrected chi connectivity index (χ4v) is 5.98. The van der Waals surface area contributed by atoms with Crippen LogP contribution in [0, 0.1) is 5.41 Å². The van der Waals surface area contributed by atoms with Gasteiger partial charge in [0.2, 0.25) is 18.4 Å². The van der Waals surface area contributed by atoms with E-state index in [2.05, 4.69) is 75.3 Å². The van der Waals surface area contributed by atoms with E-state index in [-0.39, 0.29) is 29.6 Å². The van der Waals surface area contributed by atoms with Crippen LogP contribution >= 0.6 is 0 Å². The van der Waals surface area contributed by atoms with Crippen molar-refractivity contribution in [1.82, 2.24) is 9.80 Å². The molecule has 0 spiro atoms. The van der Waals surface area contributed by atoms with Crippen LogP contribution in [0.2, 0.25) is 0 Å². The normalized spacial score (nSPS) is 22.8. The Morgan fingerprint density at radius 1 is 1.27 bits per heavy atom. The number of fused-ring (bicyclic) bond motifs is 1. The van der Waals surface area contributed by atoms with Crippen molar-refractivity contribution in [1.29, 1.82) is 0 Å². The van der Waals surface area contributed by atoms with E-state index in [1.165, 1.54) is 5.56 Å². The minimum atomic E-state index is -0.173. The summed E-state index contributed by atoms with van der Waals surface area (Å²) in [6, 6.07) is 4.17. The number of amides is 1. The Morgan fingerprint density at radius 2 is 1.97 bits per heavy atom. The molecule has 1 unspecified atom stereocenters. The van der Waals surface area contributed by atoms with E-state index in [1.54, 1.807) is 7.11 Å². The summed E-state index contributed by atoms with van der Waals surface area (Å²) in [6.07, 6.45) is 12.5. The number of carbonyl (C=O) groups excluding carboxylic acids is 1. The Kier molecular flexibility index (Phi) is 10.1. The lowest BCUT2D eigenvalue weighted by molar-refractivity contribution is -0.133. The van der Waals surface area contributed by atoms with Crippen molar-refractivity contribution in [3.63, 3.8) is 0 Å². The van der Waals surface area contributed by atoms with Gasteiger partial charge in [0.25, 0.3) is 0 Å². The van der Waals surface area contributed by atoms with Gasteiger partial charge in [0.1, 0.15) is 0 Å². The Hall–Kier alpha value is -2.47. The van der Waals surface area contributed by atoms with Crippen molar-refractivity contribution < 1.29 is 19.0 Å². The first kappa shape index (κ1) is 29.1. The second-order valence-electron chi connectivity index (χ2n) is 11.2. The number of allylic oxidation sites excluding steroid dienone is 3. The summed E-state index contributed by atoms with van der Waals surface area (Å²) in [7, 11) is 1.67. The summed E-state index contributed by atoms with van der Waals surface area (Å²) in [5.41, 5.74) is 0.839. The number of unbranched alkanes of at least 4 members (excludes halogenated alkanes) is 2. The zero-order valence-corrected chi connectivity index (χ0v) is 24.0. The van der Waals surface area contributed by atoms with Gasteiger partial charge in [-0.25, -0.2) is 0 Å². The summed E-state index contributed by atoms with van der Waals surface area (Å²) in [6.45, 7) is 18.3. The zero-order valence-electron chi connectivity index (χ0n) is 24.0. The molecule has 3 rings (SSSR count). The third-order valence-electron chi connectivity index (χ3n) is 8.06. The van der Waals surface area contributed by atoms with E-state index in [0.717, 1.165) is 63.9 Å². The lowest BCUT2D eigenvalue weighted by atomic mass is 9.75. The number of hydrogen-bond acceptors (Lipinski definition) is 5. The molecule has 0 aromatic heterocycles. The number of ether oxygens (including phenoxy) is 3. The maximum absolute atomic E-state index is 13.7. The summed E-state index contributed by atoms with van der Waals surface area (Å²) >= 11 is 0. The number of likely N-dealkylation sites (tertiary alicyclic amines) is 1. The fraction of sp³-hybridized carbons (Fsp3) is 0.645. The van der Waals surface area contributed by atoms with Crippen LogP contribution in [-0.4, -0.2) is 61.3 Å². The van der Waals surface area contributed by atoms with Crippen LogP contribution in [0.4, 0.5) is 0 Å². The quantitative estimate of drug-likeness (QED) is 0.264. The predicted octanol–water partition coefficient (Wildman–Crippen LogP) is 6.56. The highest BCUT2D eigenvalue weighted by atomic mass is 16.7. The van der Waals surface area contributed by atoms with Gasteiger partial charge in [-0.1, -0.05) is 51.8 Å². The molecular weight excluding hydrogens is 464 g/mol. The molecule has 2 aliphatic rings. The number of benzene rings is 1. The van der Waals surface area contributed by atoms with E-state index in [4.69, 9.17) is 14.2 Å². The smallest absolute Gasteiger partial charge is 0.236 e. The third kappa shape index (κ3) is 6.90. The molecule has 0 saturated carbocycles. The first-order valence-corrected chi connectivity index (χ1v) is 14.0.